The number of hydrogen-bond acceptors (Lipinski definition) is 6. The molecule has 362 valence electrons. The van der Waals surface area contributed by atoms with E-state index in [4.69, 9.17) is 14.2 Å². The van der Waals surface area contributed by atoms with Gasteiger partial charge in [-0.1, -0.05) is 260 Å². The Morgan fingerprint density at radius 2 is 0.574 bits per heavy atom. The fourth-order valence-electron chi connectivity index (χ4n) is 8.26. The highest BCUT2D eigenvalue weighted by molar-refractivity contribution is 5.71. The highest BCUT2D eigenvalue weighted by atomic mass is 16.6. The van der Waals surface area contributed by atoms with Gasteiger partial charge in [0.1, 0.15) is 13.2 Å². The van der Waals surface area contributed by atoms with Crippen LogP contribution in [0.5, 0.6) is 0 Å². The Hall–Kier alpha value is -1.59. The molecule has 6 heteroatoms. The van der Waals surface area contributed by atoms with Crippen molar-refractivity contribution in [3.63, 3.8) is 0 Å². The molecule has 0 N–H and O–H groups in total. The molecule has 0 aliphatic rings. The summed E-state index contributed by atoms with van der Waals surface area (Å²) in [7, 11) is 0. The molecule has 0 saturated carbocycles. The van der Waals surface area contributed by atoms with E-state index in [-0.39, 0.29) is 31.1 Å². The molecule has 0 aromatic carbocycles. The van der Waals surface area contributed by atoms with E-state index < -0.39 is 6.10 Å². The van der Waals surface area contributed by atoms with E-state index >= 15 is 0 Å². The van der Waals surface area contributed by atoms with Gasteiger partial charge in [-0.25, -0.2) is 0 Å². The summed E-state index contributed by atoms with van der Waals surface area (Å²) in [5.41, 5.74) is 0. The summed E-state index contributed by atoms with van der Waals surface area (Å²) in [5, 5.41) is 0. The summed E-state index contributed by atoms with van der Waals surface area (Å²) in [5.74, 6) is 1.68. The molecule has 0 heterocycles. The van der Waals surface area contributed by atoms with Crippen molar-refractivity contribution in [2.24, 2.45) is 17.8 Å². The minimum Gasteiger partial charge on any atom is -0.462 e. The smallest absolute Gasteiger partial charge is 0.306 e. The zero-order valence-corrected chi connectivity index (χ0v) is 42.0. The van der Waals surface area contributed by atoms with Crippen LogP contribution < -0.4 is 0 Å². The zero-order valence-electron chi connectivity index (χ0n) is 42.0. The number of ether oxygens (including phenoxy) is 3. The first kappa shape index (κ1) is 59.4. The Morgan fingerprint density at radius 3 is 0.852 bits per heavy atom. The van der Waals surface area contributed by atoms with E-state index in [1.165, 1.54) is 180 Å². The van der Waals surface area contributed by atoms with Crippen LogP contribution in [0.4, 0.5) is 0 Å². The van der Waals surface area contributed by atoms with E-state index in [2.05, 4.69) is 41.5 Å². The summed E-state index contributed by atoms with van der Waals surface area (Å²) < 4.78 is 16.9. The lowest BCUT2D eigenvalue weighted by Crippen LogP contribution is -2.30. The van der Waals surface area contributed by atoms with Crippen LogP contribution >= 0.6 is 0 Å². The molecule has 2 atom stereocenters. The Labute approximate surface area is 380 Å². The highest BCUT2D eigenvalue weighted by Crippen LogP contribution is 2.18. The first-order chi connectivity index (χ1) is 29.6. The molecule has 0 rings (SSSR count). The quantitative estimate of drug-likeness (QED) is 0.0344. The van der Waals surface area contributed by atoms with E-state index in [0.717, 1.165) is 75.5 Å². The van der Waals surface area contributed by atoms with Gasteiger partial charge in [-0.15, -0.1) is 0 Å². The number of unbranched alkanes of at least 4 members (excludes halogenated alkanes) is 30. The molecule has 0 aromatic heterocycles. The molecular formula is C55H106O6. The second-order valence-corrected chi connectivity index (χ2v) is 20.1. The Balaban J connectivity index is 4.33. The zero-order chi connectivity index (χ0) is 44.9. The normalized spacial score (nSPS) is 12.6. The van der Waals surface area contributed by atoms with Crippen molar-refractivity contribution in [1.82, 2.24) is 0 Å². The molecule has 0 radical (unpaired) electrons. The van der Waals surface area contributed by atoms with Crippen molar-refractivity contribution in [3.8, 4) is 0 Å². The van der Waals surface area contributed by atoms with Gasteiger partial charge in [-0.05, 0) is 37.0 Å². The lowest BCUT2D eigenvalue weighted by Gasteiger charge is -2.18. The maximum Gasteiger partial charge on any atom is 0.306 e. The minimum absolute atomic E-state index is 0.0644. The molecule has 0 aliphatic heterocycles. The van der Waals surface area contributed by atoms with Crippen LogP contribution in [0.2, 0.25) is 0 Å². The predicted octanol–water partition coefficient (Wildman–Crippen LogP) is 17.6. The first-order valence-corrected chi connectivity index (χ1v) is 27.1. The predicted molar refractivity (Wildman–Crippen MR) is 261 cm³/mol. The fraction of sp³-hybridized carbons (Fsp3) is 0.945. The number of carbonyl (C=O) groups excluding carboxylic acids is 3. The van der Waals surface area contributed by atoms with E-state index in [9.17, 15) is 14.4 Å². The Kier molecular flexibility index (Phi) is 45.2. The van der Waals surface area contributed by atoms with Gasteiger partial charge < -0.3 is 14.2 Å². The van der Waals surface area contributed by atoms with E-state index in [1.807, 2.05) is 0 Å². The minimum atomic E-state index is -0.763. The summed E-state index contributed by atoms with van der Waals surface area (Å²) >= 11 is 0. The number of hydrogen-bond donors (Lipinski definition) is 0. The number of esters is 3. The molecule has 6 nitrogen and oxygen atoms in total. The van der Waals surface area contributed by atoms with Crippen LogP contribution in [0.15, 0.2) is 0 Å². The van der Waals surface area contributed by atoms with Crippen LogP contribution in [0, 0.1) is 17.8 Å². The Bertz CT molecular complexity index is 947. The summed E-state index contributed by atoms with van der Waals surface area (Å²) in [6.07, 6.45) is 46.5. The van der Waals surface area contributed by atoms with Crippen molar-refractivity contribution in [1.29, 1.82) is 0 Å². The van der Waals surface area contributed by atoms with Gasteiger partial charge in [0.05, 0.1) is 0 Å². The third-order valence-electron chi connectivity index (χ3n) is 12.8. The molecule has 0 fully saturated rings. The van der Waals surface area contributed by atoms with Crippen LogP contribution in [-0.2, 0) is 28.6 Å². The van der Waals surface area contributed by atoms with Crippen molar-refractivity contribution in [2.45, 2.75) is 304 Å². The SMILES string of the molecule is CCC(C)CCCCCCCCCCCCC(=O)OC[C@@H](COC(=O)CCCCCCCCCCCCCC(C)C)OC(=O)CCCCCCCCCCCCCCC(C)C. The van der Waals surface area contributed by atoms with Gasteiger partial charge >= 0.3 is 17.9 Å². The van der Waals surface area contributed by atoms with Gasteiger partial charge in [-0.3, -0.25) is 14.4 Å². The van der Waals surface area contributed by atoms with Gasteiger partial charge in [0.25, 0.3) is 0 Å². The van der Waals surface area contributed by atoms with Gasteiger partial charge in [-0.2, -0.15) is 0 Å². The average molecular weight is 863 g/mol. The third-order valence-corrected chi connectivity index (χ3v) is 12.8. The average Bonchev–Trinajstić information content (AvgIpc) is 3.23. The molecular weight excluding hydrogens is 757 g/mol. The molecule has 0 aromatic rings. The van der Waals surface area contributed by atoms with Crippen LogP contribution in [-0.4, -0.2) is 37.2 Å². The van der Waals surface area contributed by atoms with Gasteiger partial charge in [0, 0.05) is 19.3 Å². The molecule has 0 saturated heterocycles. The monoisotopic (exact) mass is 863 g/mol. The van der Waals surface area contributed by atoms with Crippen LogP contribution in [0.25, 0.3) is 0 Å². The van der Waals surface area contributed by atoms with Gasteiger partial charge in [0.2, 0.25) is 0 Å². The molecule has 0 amide bonds. The van der Waals surface area contributed by atoms with Crippen molar-refractivity contribution in [3.05, 3.63) is 0 Å². The second kappa shape index (κ2) is 46.4. The Morgan fingerprint density at radius 1 is 0.328 bits per heavy atom. The first-order valence-electron chi connectivity index (χ1n) is 27.1. The largest absolute Gasteiger partial charge is 0.462 e. The third kappa shape index (κ3) is 47.7. The van der Waals surface area contributed by atoms with Crippen LogP contribution in [0.1, 0.15) is 298 Å². The van der Waals surface area contributed by atoms with Gasteiger partial charge in [0.15, 0.2) is 6.10 Å². The maximum atomic E-state index is 12.8. The molecule has 0 spiro atoms. The number of carbonyl (C=O) groups is 3. The lowest BCUT2D eigenvalue weighted by atomic mass is 9.99. The van der Waals surface area contributed by atoms with E-state index in [1.54, 1.807) is 0 Å². The summed E-state index contributed by atoms with van der Waals surface area (Å²) in [6, 6.07) is 0. The van der Waals surface area contributed by atoms with Crippen LogP contribution in [0.3, 0.4) is 0 Å². The fourth-order valence-corrected chi connectivity index (χ4v) is 8.26. The van der Waals surface area contributed by atoms with Crippen molar-refractivity contribution < 1.29 is 28.6 Å². The lowest BCUT2D eigenvalue weighted by molar-refractivity contribution is -0.167. The topological polar surface area (TPSA) is 78.9 Å². The van der Waals surface area contributed by atoms with Crippen molar-refractivity contribution in [2.75, 3.05) is 13.2 Å². The summed E-state index contributed by atoms with van der Waals surface area (Å²) in [4.78, 5) is 38.0. The molecule has 1 unspecified atom stereocenters. The molecule has 0 aliphatic carbocycles. The van der Waals surface area contributed by atoms with Crippen molar-refractivity contribution >= 4 is 17.9 Å². The highest BCUT2D eigenvalue weighted by Gasteiger charge is 2.19. The second-order valence-electron chi connectivity index (χ2n) is 20.1. The van der Waals surface area contributed by atoms with E-state index in [0.29, 0.717) is 19.3 Å². The number of rotatable bonds is 48. The summed E-state index contributed by atoms with van der Waals surface area (Å²) in [6.45, 7) is 13.8. The maximum absolute atomic E-state index is 12.8. The molecule has 0 bridgehead atoms. The molecule has 61 heavy (non-hydrogen) atoms. The standard InChI is InChI=1S/C55H106O6/c1-7-51(6)43-37-31-25-19-15-16-21-27-33-39-45-54(57)60-48-52(47-59-53(56)44-38-32-26-20-14-10-12-18-24-30-36-42-50(4)5)61-55(58)46-40-34-28-22-13-9-8-11-17-23-29-35-41-49(2)3/h49-52H,7-48H2,1-6H3/t51?,52-/m1/s1.